The number of hydrogen-bond acceptors (Lipinski definition) is 7. The van der Waals surface area contributed by atoms with E-state index in [1.807, 2.05) is 12.1 Å². The van der Waals surface area contributed by atoms with Crippen molar-refractivity contribution >= 4 is 33.2 Å². The van der Waals surface area contributed by atoms with E-state index in [-0.39, 0.29) is 22.7 Å². The second-order valence-electron chi connectivity index (χ2n) is 6.39. The zero-order chi connectivity index (χ0) is 19.6. The molecule has 1 amide bonds. The van der Waals surface area contributed by atoms with Crippen LogP contribution in [0.15, 0.2) is 59.8 Å². The maximum atomic E-state index is 12.8. The Labute approximate surface area is 166 Å². The predicted molar refractivity (Wildman–Crippen MR) is 106 cm³/mol. The van der Waals surface area contributed by atoms with E-state index in [1.54, 1.807) is 36.4 Å². The second-order valence-corrected chi connectivity index (χ2v) is 9.97. The van der Waals surface area contributed by atoms with E-state index in [4.69, 9.17) is 0 Å². The van der Waals surface area contributed by atoms with Crippen molar-refractivity contribution in [1.82, 2.24) is 20.2 Å². The maximum absolute atomic E-state index is 12.8. The highest BCUT2D eigenvalue weighted by molar-refractivity contribution is 8.02. The van der Waals surface area contributed by atoms with Crippen LogP contribution in [0.5, 0.6) is 0 Å². The van der Waals surface area contributed by atoms with Crippen LogP contribution in [0.3, 0.4) is 0 Å². The van der Waals surface area contributed by atoms with Gasteiger partial charge in [0.2, 0.25) is 0 Å². The van der Waals surface area contributed by atoms with Gasteiger partial charge in [0, 0.05) is 15.8 Å². The molecular formula is C18H17N5O3S2. The number of carbonyl (C=O) groups excluding carboxylic acids is 1. The SMILES string of the molecule is O=C(Nc1ccc(-n2cnnn2)cc1)c1ccccc1S[C@H]1CCS(=O)(=O)C1. The fourth-order valence-electron chi connectivity index (χ4n) is 2.97. The molecule has 0 bridgehead atoms. The number of hydrogen-bond donors (Lipinski definition) is 1. The third-order valence-electron chi connectivity index (χ3n) is 4.35. The summed E-state index contributed by atoms with van der Waals surface area (Å²) >= 11 is 1.45. The van der Waals surface area contributed by atoms with Gasteiger partial charge >= 0.3 is 0 Å². The summed E-state index contributed by atoms with van der Waals surface area (Å²) in [7, 11) is -2.96. The largest absolute Gasteiger partial charge is 0.322 e. The molecule has 28 heavy (non-hydrogen) atoms. The molecule has 4 rings (SSSR count). The van der Waals surface area contributed by atoms with Crippen LogP contribution in [0.2, 0.25) is 0 Å². The first-order valence-electron chi connectivity index (χ1n) is 8.61. The Morgan fingerprint density at radius 1 is 1.14 bits per heavy atom. The van der Waals surface area contributed by atoms with Crippen molar-refractivity contribution < 1.29 is 13.2 Å². The van der Waals surface area contributed by atoms with Crippen LogP contribution < -0.4 is 5.32 Å². The highest BCUT2D eigenvalue weighted by Gasteiger charge is 2.29. The van der Waals surface area contributed by atoms with Crippen molar-refractivity contribution in [1.29, 1.82) is 0 Å². The van der Waals surface area contributed by atoms with Gasteiger partial charge in [-0.05, 0) is 53.2 Å². The summed E-state index contributed by atoms with van der Waals surface area (Å²) in [4.78, 5) is 13.6. The summed E-state index contributed by atoms with van der Waals surface area (Å²) in [6, 6.07) is 14.4. The molecule has 0 spiro atoms. The van der Waals surface area contributed by atoms with Crippen molar-refractivity contribution in [2.75, 3.05) is 16.8 Å². The van der Waals surface area contributed by atoms with Crippen LogP contribution in [-0.2, 0) is 9.84 Å². The molecule has 8 nitrogen and oxygen atoms in total. The van der Waals surface area contributed by atoms with Gasteiger partial charge in [0.05, 0.1) is 22.8 Å². The average Bonchev–Trinajstić information content (AvgIpc) is 3.32. The summed E-state index contributed by atoms with van der Waals surface area (Å²) in [5, 5.41) is 13.9. The summed E-state index contributed by atoms with van der Waals surface area (Å²) in [5.74, 6) is 0.137. The molecule has 1 aliphatic rings. The van der Waals surface area contributed by atoms with E-state index < -0.39 is 9.84 Å². The molecule has 3 aromatic rings. The number of rotatable bonds is 5. The summed E-state index contributed by atoms with van der Waals surface area (Å²) in [6.45, 7) is 0. The number of thioether (sulfide) groups is 1. The lowest BCUT2D eigenvalue weighted by Gasteiger charge is -2.13. The van der Waals surface area contributed by atoms with Gasteiger partial charge in [0.1, 0.15) is 6.33 Å². The number of nitrogens with zero attached hydrogens (tertiary/aromatic N) is 4. The average molecular weight is 416 g/mol. The minimum absolute atomic E-state index is 0.0190. The van der Waals surface area contributed by atoms with E-state index in [0.717, 1.165) is 10.6 Å². The Morgan fingerprint density at radius 2 is 1.93 bits per heavy atom. The lowest BCUT2D eigenvalue weighted by molar-refractivity contribution is 0.102. The molecule has 2 heterocycles. The Morgan fingerprint density at radius 3 is 2.61 bits per heavy atom. The third kappa shape index (κ3) is 4.23. The molecular weight excluding hydrogens is 398 g/mol. The molecule has 1 aliphatic heterocycles. The number of anilines is 1. The van der Waals surface area contributed by atoms with Crippen LogP contribution in [0.25, 0.3) is 5.69 Å². The fourth-order valence-corrected chi connectivity index (χ4v) is 6.59. The predicted octanol–water partition coefficient (Wildman–Crippen LogP) is 2.19. The number of sulfone groups is 1. The highest BCUT2D eigenvalue weighted by atomic mass is 32.2. The van der Waals surface area contributed by atoms with Crippen molar-refractivity contribution in [3.8, 4) is 5.69 Å². The summed E-state index contributed by atoms with van der Waals surface area (Å²) in [5.41, 5.74) is 1.95. The molecule has 144 valence electrons. The Kier molecular flexibility index (Phi) is 5.14. The van der Waals surface area contributed by atoms with E-state index in [0.29, 0.717) is 17.7 Å². The number of tetrazole rings is 1. The highest BCUT2D eigenvalue weighted by Crippen LogP contribution is 2.33. The van der Waals surface area contributed by atoms with Crippen molar-refractivity contribution in [2.24, 2.45) is 0 Å². The van der Waals surface area contributed by atoms with Crippen molar-refractivity contribution in [2.45, 2.75) is 16.6 Å². The monoisotopic (exact) mass is 415 g/mol. The molecule has 1 saturated heterocycles. The molecule has 0 aliphatic carbocycles. The quantitative estimate of drug-likeness (QED) is 0.681. The van der Waals surface area contributed by atoms with Gasteiger partial charge in [0.25, 0.3) is 5.91 Å². The van der Waals surface area contributed by atoms with Crippen LogP contribution in [0.1, 0.15) is 16.8 Å². The first kappa shape index (κ1) is 18.6. The zero-order valence-electron chi connectivity index (χ0n) is 14.7. The van der Waals surface area contributed by atoms with Crippen molar-refractivity contribution in [3.63, 3.8) is 0 Å². The van der Waals surface area contributed by atoms with E-state index in [1.165, 1.54) is 22.8 Å². The Balaban J connectivity index is 1.48. The van der Waals surface area contributed by atoms with Gasteiger partial charge in [-0.3, -0.25) is 4.79 Å². The van der Waals surface area contributed by atoms with E-state index >= 15 is 0 Å². The number of nitrogens with one attached hydrogen (secondary N) is 1. The molecule has 10 heteroatoms. The number of amides is 1. The molecule has 0 radical (unpaired) electrons. The molecule has 1 aromatic heterocycles. The molecule has 1 fully saturated rings. The van der Waals surface area contributed by atoms with Gasteiger partial charge < -0.3 is 5.32 Å². The fraction of sp³-hybridized carbons (Fsp3) is 0.222. The molecule has 0 unspecified atom stereocenters. The third-order valence-corrected chi connectivity index (χ3v) is 7.68. The Hall–Kier alpha value is -2.72. The van der Waals surface area contributed by atoms with Crippen LogP contribution in [0.4, 0.5) is 5.69 Å². The standard InChI is InChI=1S/C18H17N5O3S2/c24-18(20-13-5-7-14(8-6-13)23-12-19-21-22-23)16-3-1-2-4-17(16)27-15-9-10-28(25,26)11-15/h1-8,12,15H,9-11H2,(H,20,24)/t15-/m0/s1. The summed E-state index contributed by atoms with van der Waals surface area (Å²) < 4.78 is 24.9. The van der Waals surface area contributed by atoms with Crippen LogP contribution >= 0.6 is 11.8 Å². The molecule has 2 aromatic carbocycles. The van der Waals surface area contributed by atoms with Gasteiger partial charge in [0.15, 0.2) is 9.84 Å². The zero-order valence-corrected chi connectivity index (χ0v) is 16.4. The first-order chi connectivity index (χ1) is 13.5. The lowest BCUT2D eigenvalue weighted by Crippen LogP contribution is -2.14. The minimum atomic E-state index is -2.96. The normalized spacial score (nSPS) is 18.1. The molecule has 0 saturated carbocycles. The summed E-state index contributed by atoms with van der Waals surface area (Å²) in [6.07, 6.45) is 2.10. The Bertz CT molecular complexity index is 1080. The van der Waals surface area contributed by atoms with Gasteiger partial charge in [-0.25, -0.2) is 13.1 Å². The number of benzene rings is 2. The van der Waals surface area contributed by atoms with E-state index in [9.17, 15) is 13.2 Å². The smallest absolute Gasteiger partial charge is 0.256 e. The molecule has 1 atom stereocenters. The van der Waals surface area contributed by atoms with Crippen LogP contribution in [-0.4, -0.2) is 51.3 Å². The van der Waals surface area contributed by atoms with E-state index in [2.05, 4.69) is 20.8 Å². The van der Waals surface area contributed by atoms with Gasteiger partial charge in [-0.15, -0.1) is 16.9 Å². The minimum Gasteiger partial charge on any atom is -0.322 e. The lowest BCUT2D eigenvalue weighted by atomic mass is 10.2. The first-order valence-corrected chi connectivity index (χ1v) is 11.3. The van der Waals surface area contributed by atoms with Gasteiger partial charge in [-0.2, -0.15) is 0 Å². The van der Waals surface area contributed by atoms with Crippen molar-refractivity contribution in [3.05, 3.63) is 60.4 Å². The second kappa shape index (κ2) is 7.72. The maximum Gasteiger partial charge on any atom is 0.256 e. The molecule has 1 N–H and O–H groups in total. The topological polar surface area (TPSA) is 107 Å². The number of aromatic nitrogens is 4. The van der Waals surface area contributed by atoms with Gasteiger partial charge in [-0.1, -0.05) is 12.1 Å². The number of carbonyl (C=O) groups is 1. The van der Waals surface area contributed by atoms with Crippen LogP contribution in [0, 0.1) is 0 Å².